The number of hydrogen-bond donors (Lipinski definition) is 0. The molecule has 2 heterocycles. The maximum atomic E-state index is 13.9. The summed E-state index contributed by atoms with van der Waals surface area (Å²) in [4.78, 5) is 43.3. The molecule has 1 aliphatic rings. The van der Waals surface area contributed by atoms with Gasteiger partial charge >= 0.3 is 11.9 Å². The molecule has 11 nitrogen and oxygen atoms in total. The number of thiazole rings is 1. The molecule has 2 aromatic carbocycles. The Bertz CT molecular complexity index is 1730. The number of rotatable bonds is 12. The molecule has 4 rings (SSSR count). The van der Waals surface area contributed by atoms with E-state index in [0.29, 0.717) is 66.8 Å². The summed E-state index contributed by atoms with van der Waals surface area (Å²) < 4.78 is 35.2. The molecule has 13 heteroatoms. The molecule has 0 N–H and O–H groups in total. The second-order valence-corrected chi connectivity index (χ2v) is 11.0. The number of methoxy groups -OCH3 is 2. The Balaban J connectivity index is 1.84. The van der Waals surface area contributed by atoms with Crippen LogP contribution >= 0.6 is 33.9 Å². The van der Waals surface area contributed by atoms with Gasteiger partial charge in [-0.15, -0.1) is 0 Å². The normalized spacial score (nSPS) is 14.2. The first-order valence-electron chi connectivity index (χ1n) is 13.4. The van der Waals surface area contributed by atoms with Crippen LogP contribution in [0.1, 0.15) is 37.9 Å². The van der Waals surface area contributed by atoms with Crippen molar-refractivity contribution in [3.05, 3.63) is 76.5 Å². The van der Waals surface area contributed by atoms with E-state index >= 15 is 0 Å². The third-order valence-electron chi connectivity index (χ3n) is 6.20. The molecule has 0 radical (unpaired) electrons. The van der Waals surface area contributed by atoms with Gasteiger partial charge < -0.3 is 28.4 Å². The van der Waals surface area contributed by atoms with Gasteiger partial charge in [-0.2, -0.15) is 0 Å². The molecule has 0 amide bonds. The Kier molecular flexibility index (Phi) is 10.9. The number of hydrogen-bond acceptors (Lipinski definition) is 11. The monoisotopic (exact) mass is 722 g/mol. The highest BCUT2D eigenvalue weighted by Gasteiger charge is 2.31. The van der Waals surface area contributed by atoms with E-state index in [-0.39, 0.29) is 17.7 Å². The molecule has 228 valence electrons. The third kappa shape index (κ3) is 7.04. The van der Waals surface area contributed by atoms with Crippen molar-refractivity contribution in [2.45, 2.75) is 26.8 Å². The molecule has 0 saturated heterocycles. The van der Waals surface area contributed by atoms with Crippen LogP contribution in [0.2, 0.25) is 0 Å². The van der Waals surface area contributed by atoms with Gasteiger partial charge in [0.15, 0.2) is 34.4 Å². The van der Waals surface area contributed by atoms with Gasteiger partial charge in [-0.1, -0.05) is 17.4 Å². The number of nitrogens with zero attached hydrogens (tertiary/aromatic N) is 2. The minimum Gasteiger partial charge on any atom is -0.490 e. The highest BCUT2D eigenvalue weighted by Crippen LogP contribution is 2.36. The van der Waals surface area contributed by atoms with Crippen molar-refractivity contribution in [3.8, 4) is 23.0 Å². The molecular formula is C30H31IN2O9S. The number of ether oxygens (including phenoxy) is 6. The van der Waals surface area contributed by atoms with Crippen molar-refractivity contribution >= 4 is 51.9 Å². The molecule has 1 atom stereocenters. The van der Waals surface area contributed by atoms with Gasteiger partial charge in [-0.3, -0.25) is 9.36 Å². The predicted molar refractivity (Wildman–Crippen MR) is 168 cm³/mol. The standard InChI is InChI=1S/C30H31IN2O9S/c1-6-39-21-10-9-18(14-22(21)40-7-2)26-19(29(36)38-5)15-32-30-33(26)28(35)24(43-30)13-17-11-20(31)27(23(12-17)41-8-3)42-16-25(34)37-4/h9-15,26H,6-8,16H2,1-5H3/b24-13-/t26-/m1/s1. The topological polar surface area (TPSA) is 124 Å². The van der Waals surface area contributed by atoms with Crippen LogP contribution in [-0.4, -0.2) is 57.2 Å². The number of aromatic nitrogens is 1. The van der Waals surface area contributed by atoms with Crippen molar-refractivity contribution in [3.63, 3.8) is 0 Å². The van der Waals surface area contributed by atoms with Gasteiger partial charge in [0.05, 0.1) is 53.8 Å². The summed E-state index contributed by atoms with van der Waals surface area (Å²) in [6.07, 6.45) is 3.16. The zero-order valence-electron chi connectivity index (χ0n) is 24.3. The molecule has 0 fully saturated rings. The van der Waals surface area contributed by atoms with Gasteiger partial charge in [0.2, 0.25) is 0 Å². The van der Waals surface area contributed by atoms with Crippen molar-refractivity contribution in [1.82, 2.24) is 4.57 Å². The lowest BCUT2D eigenvalue weighted by Gasteiger charge is -2.23. The fourth-order valence-electron chi connectivity index (χ4n) is 4.40. The van der Waals surface area contributed by atoms with E-state index in [1.165, 1.54) is 36.3 Å². The summed E-state index contributed by atoms with van der Waals surface area (Å²) in [5.74, 6) is 0.745. The molecule has 0 bridgehead atoms. The third-order valence-corrected chi connectivity index (χ3v) is 8.00. The summed E-state index contributed by atoms with van der Waals surface area (Å²) in [6.45, 7) is 6.51. The smallest absolute Gasteiger partial charge is 0.343 e. The largest absolute Gasteiger partial charge is 0.490 e. The second kappa shape index (κ2) is 14.6. The molecule has 0 saturated carbocycles. The van der Waals surface area contributed by atoms with Gasteiger partial charge in [-0.05, 0) is 84.8 Å². The fourth-order valence-corrected chi connectivity index (χ4v) is 6.15. The zero-order valence-corrected chi connectivity index (χ0v) is 27.3. The molecular weight excluding hydrogens is 691 g/mol. The highest BCUT2D eigenvalue weighted by atomic mass is 127. The number of carbonyl (C=O) groups excluding carboxylic acids is 2. The van der Waals surface area contributed by atoms with Crippen LogP contribution in [-0.2, 0) is 19.1 Å². The Hall–Kier alpha value is -3.85. The van der Waals surface area contributed by atoms with E-state index in [4.69, 9.17) is 23.7 Å². The Morgan fingerprint density at radius 1 is 0.953 bits per heavy atom. The van der Waals surface area contributed by atoms with E-state index in [9.17, 15) is 14.4 Å². The van der Waals surface area contributed by atoms with Crippen LogP contribution in [0.3, 0.4) is 0 Å². The first-order valence-corrected chi connectivity index (χ1v) is 15.3. The van der Waals surface area contributed by atoms with Crippen LogP contribution < -0.4 is 33.8 Å². The molecule has 0 aliphatic carbocycles. The quantitative estimate of drug-likeness (QED) is 0.205. The summed E-state index contributed by atoms with van der Waals surface area (Å²) >= 11 is 3.27. The first-order chi connectivity index (χ1) is 20.8. The van der Waals surface area contributed by atoms with Crippen LogP contribution in [0.25, 0.3) is 6.08 Å². The average Bonchev–Trinajstić information content (AvgIpc) is 3.31. The van der Waals surface area contributed by atoms with Crippen LogP contribution in [0, 0.1) is 3.57 Å². The van der Waals surface area contributed by atoms with E-state index in [1.54, 1.807) is 30.3 Å². The summed E-state index contributed by atoms with van der Waals surface area (Å²) in [6, 6.07) is 8.05. The first kappa shape index (κ1) is 32.1. The van der Waals surface area contributed by atoms with E-state index in [1.807, 2.05) is 26.8 Å². The Morgan fingerprint density at radius 2 is 1.65 bits per heavy atom. The van der Waals surface area contributed by atoms with E-state index < -0.39 is 18.0 Å². The van der Waals surface area contributed by atoms with Gasteiger partial charge in [0.25, 0.3) is 5.56 Å². The minimum atomic E-state index is -0.811. The average molecular weight is 723 g/mol. The van der Waals surface area contributed by atoms with Gasteiger partial charge in [0.1, 0.15) is 0 Å². The highest BCUT2D eigenvalue weighted by molar-refractivity contribution is 14.1. The Labute approximate surface area is 265 Å². The summed E-state index contributed by atoms with van der Waals surface area (Å²) in [5, 5.41) is 0. The predicted octanol–water partition coefficient (Wildman–Crippen LogP) is 3.37. The fraction of sp³-hybridized carbons (Fsp3) is 0.333. The van der Waals surface area contributed by atoms with Crippen molar-refractivity contribution in [2.24, 2.45) is 4.99 Å². The molecule has 1 aliphatic heterocycles. The van der Waals surface area contributed by atoms with E-state index in [2.05, 4.69) is 32.3 Å². The maximum Gasteiger partial charge on any atom is 0.343 e. The van der Waals surface area contributed by atoms with Crippen LogP contribution in [0.15, 0.2) is 51.9 Å². The van der Waals surface area contributed by atoms with Crippen molar-refractivity contribution in [2.75, 3.05) is 40.6 Å². The van der Waals surface area contributed by atoms with Crippen LogP contribution in [0.5, 0.6) is 23.0 Å². The number of esters is 2. The van der Waals surface area contributed by atoms with Gasteiger partial charge in [0, 0.05) is 6.20 Å². The maximum absolute atomic E-state index is 13.9. The number of benzene rings is 2. The van der Waals surface area contributed by atoms with Gasteiger partial charge in [-0.25, -0.2) is 14.6 Å². The Morgan fingerprint density at radius 3 is 2.33 bits per heavy atom. The molecule has 0 spiro atoms. The lowest BCUT2D eigenvalue weighted by molar-refractivity contribution is -0.143. The molecule has 43 heavy (non-hydrogen) atoms. The SMILES string of the molecule is CCOc1ccc([C@@H]2C(C(=O)OC)=CN=c3s/c(=C\c4cc(I)c(OCC(=O)OC)c(OCC)c4)c(=O)n32)cc1OCC. The number of carbonyl (C=O) groups is 2. The molecule has 0 unspecified atom stereocenters. The summed E-state index contributed by atoms with van der Waals surface area (Å²) in [5.41, 5.74) is 1.17. The van der Waals surface area contributed by atoms with E-state index in [0.717, 1.165) is 0 Å². The second-order valence-electron chi connectivity index (χ2n) is 8.88. The minimum absolute atomic E-state index is 0.202. The molecule has 1 aromatic heterocycles. The lowest BCUT2D eigenvalue weighted by Crippen LogP contribution is -2.39. The number of halogens is 1. The lowest BCUT2D eigenvalue weighted by atomic mass is 9.97. The number of fused-ring (bicyclic) bond motifs is 1. The molecule has 3 aromatic rings. The zero-order chi connectivity index (χ0) is 31.1. The summed E-state index contributed by atoms with van der Waals surface area (Å²) in [7, 11) is 2.57. The van der Waals surface area contributed by atoms with Crippen molar-refractivity contribution < 1.29 is 38.0 Å². The van der Waals surface area contributed by atoms with Crippen molar-refractivity contribution in [1.29, 1.82) is 0 Å². The van der Waals surface area contributed by atoms with Crippen LogP contribution in [0.4, 0.5) is 0 Å².